The lowest BCUT2D eigenvalue weighted by Crippen LogP contribution is -2.48. The Kier molecular flexibility index (Phi) is 4.48. The number of pyridine rings is 1. The fourth-order valence-electron chi connectivity index (χ4n) is 3.46. The number of fused-ring (bicyclic) bond motifs is 1. The van der Waals surface area contributed by atoms with Crippen LogP contribution in [0.2, 0.25) is 0 Å². The van der Waals surface area contributed by atoms with Crippen LogP contribution in [0.4, 0.5) is 0 Å². The van der Waals surface area contributed by atoms with E-state index < -0.39 is 0 Å². The lowest BCUT2D eigenvalue weighted by molar-refractivity contribution is -0.132. The van der Waals surface area contributed by atoms with Gasteiger partial charge in [-0.15, -0.1) is 0 Å². The molecule has 2 aromatic heterocycles. The summed E-state index contributed by atoms with van der Waals surface area (Å²) in [5, 5.41) is 1.14. The molecule has 1 aliphatic rings. The van der Waals surface area contributed by atoms with Crippen LogP contribution in [0.3, 0.4) is 0 Å². The third-order valence-electron chi connectivity index (χ3n) is 4.87. The number of hydrogen-bond acceptors (Lipinski definition) is 3. The molecule has 5 nitrogen and oxygen atoms in total. The maximum Gasteiger partial charge on any atom is 0.227 e. The minimum atomic E-state index is 0.214. The molecule has 1 aromatic carbocycles. The molecule has 3 heterocycles. The molecule has 3 aromatic rings. The van der Waals surface area contributed by atoms with E-state index in [2.05, 4.69) is 27.0 Å². The number of benzene rings is 1. The molecule has 1 fully saturated rings. The molecule has 0 atom stereocenters. The number of nitrogens with zero attached hydrogens (tertiary/aromatic N) is 3. The number of hydrogen-bond donors (Lipinski definition) is 1. The Morgan fingerprint density at radius 1 is 1.08 bits per heavy atom. The van der Waals surface area contributed by atoms with Crippen LogP contribution >= 0.6 is 0 Å². The van der Waals surface area contributed by atoms with Gasteiger partial charge in [-0.2, -0.15) is 0 Å². The van der Waals surface area contributed by atoms with Gasteiger partial charge < -0.3 is 9.88 Å². The molecule has 1 saturated heterocycles. The predicted octanol–water partition coefficient (Wildman–Crippen LogP) is 2.45. The summed E-state index contributed by atoms with van der Waals surface area (Å²) in [5.41, 5.74) is 3.39. The Morgan fingerprint density at radius 2 is 1.92 bits per heavy atom. The number of piperazine rings is 1. The molecule has 0 bridgehead atoms. The van der Waals surface area contributed by atoms with Crippen molar-refractivity contribution in [1.29, 1.82) is 0 Å². The first-order chi connectivity index (χ1) is 12.3. The van der Waals surface area contributed by atoms with E-state index in [1.165, 1.54) is 5.56 Å². The van der Waals surface area contributed by atoms with Crippen LogP contribution in [0.5, 0.6) is 0 Å². The fraction of sp³-hybridized carbons (Fsp3) is 0.300. The van der Waals surface area contributed by atoms with Crippen molar-refractivity contribution in [2.75, 3.05) is 26.2 Å². The van der Waals surface area contributed by atoms with Crippen molar-refractivity contribution < 1.29 is 4.79 Å². The normalized spacial score (nSPS) is 15.6. The highest BCUT2D eigenvalue weighted by Gasteiger charge is 2.22. The minimum absolute atomic E-state index is 0.214. The second-order valence-corrected chi connectivity index (χ2v) is 6.55. The van der Waals surface area contributed by atoms with Gasteiger partial charge in [-0.1, -0.05) is 24.3 Å². The predicted molar refractivity (Wildman–Crippen MR) is 98.1 cm³/mol. The first-order valence-corrected chi connectivity index (χ1v) is 8.73. The van der Waals surface area contributed by atoms with E-state index in [1.807, 2.05) is 41.6 Å². The van der Waals surface area contributed by atoms with Gasteiger partial charge in [-0.25, -0.2) is 0 Å². The second-order valence-electron chi connectivity index (χ2n) is 6.55. The van der Waals surface area contributed by atoms with E-state index in [4.69, 9.17) is 0 Å². The minimum Gasteiger partial charge on any atom is -0.361 e. The van der Waals surface area contributed by atoms with Crippen molar-refractivity contribution in [3.63, 3.8) is 0 Å². The van der Waals surface area contributed by atoms with Gasteiger partial charge in [0.05, 0.1) is 6.42 Å². The Hall–Kier alpha value is -2.66. The Bertz CT molecular complexity index is 850. The smallest absolute Gasteiger partial charge is 0.227 e. The Labute approximate surface area is 147 Å². The highest BCUT2D eigenvalue weighted by molar-refractivity contribution is 5.88. The van der Waals surface area contributed by atoms with E-state index in [9.17, 15) is 4.79 Å². The van der Waals surface area contributed by atoms with Crippen LogP contribution in [-0.2, 0) is 17.8 Å². The molecular weight excluding hydrogens is 312 g/mol. The molecule has 25 heavy (non-hydrogen) atoms. The summed E-state index contributed by atoms with van der Waals surface area (Å²) in [6.45, 7) is 4.31. The number of aromatic amines is 1. The summed E-state index contributed by atoms with van der Waals surface area (Å²) in [6.07, 6.45) is 6.13. The van der Waals surface area contributed by atoms with Crippen LogP contribution in [0.15, 0.2) is 55.0 Å². The average molecular weight is 334 g/mol. The van der Waals surface area contributed by atoms with Crippen molar-refractivity contribution >= 4 is 16.8 Å². The monoisotopic (exact) mass is 334 g/mol. The zero-order valence-electron chi connectivity index (χ0n) is 14.2. The Morgan fingerprint density at radius 3 is 2.72 bits per heavy atom. The van der Waals surface area contributed by atoms with Crippen LogP contribution in [0.1, 0.15) is 11.1 Å². The molecule has 5 heteroatoms. The van der Waals surface area contributed by atoms with Crippen molar-refractivity contribution in [3.05, 3.63) is 66.1 Å². The molecule has 0 radical (unpaired) electrons. The quantitative estimate of drug-likeness (QED) is 0.797. The van der Waals surface area contributed by atoms with Gasteiger partial charge in [-0.3, -0.25) is 14.7 Å². The summed E-state index contributed by atoms with van der Waals surface area (Å²) in [7, 11) is 0. The fourth-order valence-corrected chi connectivity index (χ4v) is 3.46. The summed E-state index contributed by atoms with van der Waals surface area (Å²) in [6, 6.07) is 12.2. The summed E-state index contributed by atoms with van der Waals surface area (Å²) in [4.78, 5) is 24.4. The molecule has 4 rings (SSSR count). The number of para-hydroxylation sites is 1. The zero-order valence-corrected chi connectivity index (χ0v) is 14.2. The highest BCUT2D eigenvalue weighted by atomic mass is 16.2. The number of rotatable bonds is 4. The molecule has 0 spiro atoms. The molecule has 0 aliphatic carbocycles. The molecule has 1 aliphatic heterocycles. The van der Waals surface area contributed by atoms with E-state index in [-0.39, 0.29) is 5.91 Å². The number of aromatic nitrogens is 2. The maximum atomic E-state index is 12.7. The van der Waals surface area contributed by atoms with Crippen molar-refractivity contribution in [1.82, 2.24) is 19.8 Å². The third-order valence-corrected chi connectivity index (χ3v) is 4.87. The lowest BCUT2D eigenvalue weighted by Gasteiger charge is -2.34. The maximum absolute atomic E-state index is 12.7. The van der Waals surface area contributed by atoms with Crippen LogP contribution in [0, 0.1) is 0 Å². The number of H-pyrrole nitrogens is 1. The number of carbonyl (C=O) groups excluding carboxylic acids is 1. The SMILES string of the molecule is O=C(Cc1c[nH]c2ccccc12)N1CCN(Cc2cccnc2)CC1. The second kappa shape index (κ2) is 7.07. The molecule has 128 valence electrons. The van der Waals surface area contributed by atoms with Gasteiger partial charge in [0.1, 0.15) is 0 Å². The molecular formula is C20H22N4O. The number of amides is 1. The van der Waals surface area contributed by atoms with Gasteiger partial charge in [0.2, 0.25) is 5.91 Å². The largest absolute Gasteiger partial charge is 0.361 e. The average Bonchev–Trinajstić information content (AvgIpc) is 3.06. The standard InChI is InChI=1S/C20H22N4O/c25-20(12-17-14-22-19-6-2-1-5-18(17)19)24-10-8-23(9-11-24)15-16-4-3-7-21-13-16/h1-7,13-14,22H,8-12,15H2. The lowest BCUT2D eigenvalue weighted by atomic mass is 10.1. The van der Waals surface area contributed by atoms with Crippen LogP contribution in [0.25, 0.3) is 10.9 Å². The Balaban J connectivity index is 1.33. The van der Waals surface area contributed by atoms with Gasteiger partial charge >= 0.3 is 0 Å². The zero-order chi connectivity index (χ0) is 17.1. The molecule has 1 amide bonds. The third kappa shape index (κ3) is 3.56. The van der Waals surface area contributed by atoms with Gasteiger partial charge in [0.15, 0.2) is 0 Å². The summed E-state index contributed by atoms with van der Waals surface area (Å²) in [5.74, 6) is 0.214. The van der Waals surface area contributed by atoms with E-state index in [0.29, 0.717) is 6.42 Å². The topological polar surface area (TPSA) is 52.2 Å². The first kappa shape index (κ1) is 15.8. The number of nitrogens with one attached hydrogen (secondary N) is 1. The van der Waals surface area contributed by atoms with Crippen molar-refractivity contribution in [2.45, 2.75) is 13.0 Å². The van der Waals surface area contributed by atoms with Crippen LogP contribution < -0.4 is 0 Å². The summed E-state index contributed by atoms with van der Waals surface area (Å²) < 4.78 is 0. The van der Waals surface area contributed by atoms with Gasteiger partial charge in [0.25, 0.3) is 0 Å². The van der Waals surface area contributed by atoms with Crippen molar-refractivity contribution in [2.24, 2.45) is 0 Å². The first-order valence-electron chi connectivity index (χ1n) is 8.73. The van der Waals surface area contributed by atoms with E-state index >= 15 is 0 Å². The van der Waals surface area contributed by atoms with E-state index in [0.717, 1.165) is 49.2 Å². The van der Waals surface area contributed by atoms with Crippen molar-refractivity contribution in [3.8, 4) is 0 Å². The van der Waals surface area contributed by atoms with Gasteiger partial charge in [0, 0.05) is 62.2 Å². The number of carbonyl (C=O) groups is 1. The van der Waals surface area contributed by atoms with Gasteiger partial charge in [-0.05, 0) is 23.3 Å². The van der Waals surface area contributed by atoms with E-state index in [1.54, 1.807) is 6.20 Å². The molecule has 0 saturated carbocycles. The van der Waals surface area contributed by atoms with Crippen LogP contribution in [-0.4, -0.2) is 51.9 Å². The summed E-state index contributed by atoms with van der Waals surface area (Å²) >= 11 is 0. The highest BCUT2D eigenvalue weighted by Crippen LogP contribution is 2.19. The molecule has 0 unspecified atom stereocenters. The molecule has 1 N–H and O–H groups in total.